The van der Waals surface area contributed by atoms with Gasteiger partial charge in [0.15, 0.2) is 5.03 Å². The third-order valence-electron chi connectivity index (χ3n) is 3.95. The molecule has 0 amide bonds. The largest absolute Gasteiger partial charge is 0.265 e. The van der Waals surface area contributed by atoms with Gasteiger partial charge in [0.1, 0.15) is 26.3 Å². The first-order valence-corrected chi connectivity index (χ1v) is 8.92. The number of benzene rings is 1. The summed E-state index contributed by atoms with van der Waals surface area (Å²) in [7, 11) is -4.32. The average Bonchev–Trinajstić information content (AvgIpc) is 2.80. The van der Waals surface area contributed by atoms with Crippen LogP contribution in [0.5, 0.6) is 0 Å². The lowest BCUT2D eigenvalue weighted by molar-refractivity contribution is -0.0130. The molecule has 0 aromatic heterocycles. The fourth-order valence-corrected chi connectivity index (χ4v) is 6.31. The first-order valence-electron chi connectivity index (χ1n) is 6.68. The zero-order valence-electron chi connectivity index (χ0n) is 12.2. The first-order chi connectivity index (χ1) is 10.4. The van der Waals surface area contributed by atoms with E-state index < -0.39 is 41.7 Å². The Morgan fingerprint density at radius 1 is 1.22 bits per heavy atom. The van der Waals surface area contributed by atoms with E-state index in [0.29, 0.717) is 0 Å². The summed E-state index contributed by atoms with van der Waals surface area (Å²) < 4.78 is 50.5. The number of halogens is 4. The number of rotatable bonds is 3. The smallest absolute Gasteiger partial charge is 0.208 e. The van der Waals surface area contributed by atoms with E-state index in [2.05, 4.69) is 5.48 Å². The Hall–Kier alpha value is -0.890. The van der Waals surface area contributed by atoms with Gasteiger partial charge in [-0.15, -0.1) is 0 Å². The van der Waals surface area contributed by atoms with Crippen LogP contribution in [0.3, 0.4) is 0 Å². The second kappa shape index (κ2) is 4.81. The molecular weight excluding hydrogens is 371 g/mol. The lowest BCUT2D eigenvalue weighted by atomic mass is 10.1. The van der Waals surface area contributed by atoms with Gasteiger partial charge >= 0.3 is 0 Å². The Kier molecular flexibility index (Phi) is 3.55. The van der Waals surface area contributed by atoms with Crippen molar-refractivity contribution in [3.05, 3.63) is 46.5 Å². The minimum absolute atomic E-state index is 0.312. The second-order valence-electron chi connectivity index (χ2n) is 6.12. The predicted molar refractivity (Wildman–Crippen MR) is 82.4 cm³/mol. The van der Waals surface area contributed by atoms with Crippen LogP contribution in [0.15, 0.2) is 29.3 Å². The highest BCUT2D eigenvalue weighted by Crippen LogP contribution is 2.69. The van der Waals surface area contributed by atoms with Gasteiger partial charge in [-0.05, 0) is 32.1 Å². The molecule has 126 valence electrons. The summed E-state index contributed by atoms with van der Waals surface area (Å²) in [6, 6.07) is 3.07. The molecule has 0 radical (unpaired) electrons. The van der Waals surface area contributed by atoms with Crippen molar-refractivity contribution < 1.29 is 22.0 Å². The van der Waals surface area contributed by atoms with Gasteiger partial charge in [0.2, 0.25) is 9.84 Å². The molecule has 9 heteroatoms. The first kappa shape index (κ1) is 17.0. The molecule has 1 aromatic rings. The van der Waals surface area contributed by atoms with Crippen molar-refractivity contribution in [2.24, 2.45) is 0 Å². The topological polar surface area (TPSA) is 55.4 Å². The van der Waals surface area contributed by atoms with Crippen molar-refractivity contribution in [1.29, 1.82) is 0 Å². The summed E-state index contributed by atoms with van der Waals surface area (Å²) in [5, 5.41) is -0.312. The molecule has 2 aliphatic rings. The molecule has 1 N–H and O–H groups in total. The zero-order valence-corrected chi connectivity index (χ0v) is 14.5. The highest BCUT2D eigenvalue weighted by Gasteiger charge is 2.77. The van der Waals surface area contributed by atoms with Gasteiger partial charge in [-0.1, -0.05) is 29.3 Å². The van der Waals surface area contributed by atoms with Crippen molar-refractivity contribution >= 4 is 33.0 Å². The zero-order chi connectivity index (χ0) is 17.3. The van der Waals surface area contributed by atoms with Crippen LogP contribution in [0.4, 0.5) is 8.78 Å². The number of hydroxylamine groups is 1. The van der Waals surface area contributed by atoms with Gasteiger partial charge in [-0.2, -0.15) is 0 Å². The van der Waals surface area contributed by atoms with Gasteiger partial charge in [0.25, 0.3) is 0 Å². The second-order valence-corrected chi connectivity index (χ2v) is 9.75. The minimum Gasteiger partial charge on any atom is -0.265 e. The summed E-state index contributed by atoms with van der Waals surface area (Å²) in [6.07, 6.45) is 0.980. The molecule has 1 unspecified atom stereocenters. The molecule has 4 nitrogen and oxygen atoms in total. The number of alkyl halides is 2. The van der Waals surface area contributed by atoms with Crippen molar-refractivity contribution in [3.63, 3.8) is 0 Å². The fraction of sp³-hybridized carbons (Fsp3) is 0.429. The lowest BCUT2D eigenvalue weighted by Crippen LogP contribution is -2.33. The molecule has 1 atom stereocenters. The molecule has 0 spiro atoms. The standard InChI is InChI=1S/C14H13Cl2F2NO3S/c1-12(2)6-10(19-22-12)23(20,21)13(7-14(13,15)16)11-8(17)4-3-5-9(11)18/h3-6,19H,7H2,1-2H3. The van der Waals surface area contributed by atoms with Crippen LogP contribution in [0, 0.1) is 11.6 Å². The third kappa shape index (κ3) is 2.28. The highest BCUT2D eigenvalue weighted by molar-refractivity contribution is 7.96. The monoisotopic (exact) mass is 383 g/mol. The quantitative estimate of drug-likeness (QED) is 0.813. The van der Waals surface area contributed by atoms with E-state index >= 15 is 0 Å². The Bertz CT molecular complexity index is 803. The summed E-state index contributed by atoms with van der Waals surface area (Å²) >= 11 is 12.1. The van der Waals surface area contributed by atoms with Crippen LogP contribution in [-0.4, -0.2) is 18.4 Å². The lowest BCUT2D eigenvalue weighted by Gasteiger charge is -2.21. The number of nitrogens with one attached hydrogen (secondary N) is 1. The van der Waals surface area contributed by atoms with E-state index in [-0.39, 0.29) is 11.4 Å². The summed E-state index contributed by atoms with van der Waals surface area (Å²) in [4.78, 5) is 5.13. The number of hydrogen-bond acceptors (Lipinski definition) is 4. The van der Waals surface area contributed by atoms with Gasteiger partial charge in [-0.25, -0.2) is 17.2 Å². The van der Waals surface area contributed by atoms with Crippen molar-refractivity contribution in [2.45, 2.75) is 34.9 Å². The molecule has 1 aliphatic carbocycles. The Morgan fingerprint density at radius 2 is 1.74 bits per heavy atom. The maximum absolute atomic E-state index is 14.2. The van der Waals surface area contributed by atoms with Crippen LogP contribution in [0.1, 0.15) is 25.8 Å². The molecule has 0 bridgehead atoms. The molecule has 0 saturated heterocycles. The maximum atomic E-state index is 14.2. The van der Waals surface area contributed by atoms with Crippen molar-refractivity contribution in [1.82, 2.24) is 5.48 Å². The Balaban J connectivity index is 2.22. The van der Waals surface area contributed by atoms with Gasteiger partial charge in [-0.3, -0.25) is 10.3 Å². The van der Waals surface area contributed by atoms with E-state index in [1.165, 1.54) is 6.08 Å². The van der Waals surface area contributed by atoms with E-state index in [9.17, 15) is 17.2 Å². The fourth-order valence-electron chi connectivity index (χ4n) is 2.73. The summed E-state index contributed by atoms with van der Waals surface area (Å²) in [6.45, 7) is 3.25. The molecule has 1 aliphatic heterocycles. The summed E-state index contributed by atoms with van der Waals surface area (Å²) in [5.74, 6) is -2.04. The van der Waals surface area contributed by atoms with E-state index in [1.54, 1.807) is 13.8 Å². The van der Waals surface area contributed by atoms with Crippen LogP contribution in [-0.2, 0) is 19.4 Å². The highest BCUT2D eigenvalue weighted by atomic mass is 35.5. The number of sulfone groups is 1. The molecule has 1 heterocycles. The Labute approximate surface area is 142 Å². The average molecular weight is 384 g/mol. The molecule has 1 fully saturated rings. The minimum atomic E-state index is -4.32. The Morgan fingerprint density at radius 3 is 2.13 bits per heavy atom. The van der Waals surface area contributed by atoms with Gasteiger partial charge in [0, 0.05) is 12.0 Å². The number of hydrogen-bond donors (Lipinski definition) is 1. The molecule has 1 aromatic carbocycles. The maximum Gasteiger partial charge on any atom is 0.208 e. The van der Waals surface area contributed by atoms with Crippen molar-refractivity contribution in [3.8, 4) is 0 Å². The van der Waals surface area contributed by atoms with Crippen LogP contribution >= 0.6 is 23.2 Å². The van der Waals surface area contributed by atoms with E-state index in [4.69, 9.17) is 28.0 Å². The SMILES string of the molecule is CC1(C)C=C(S(=O)(=O)C2(c3c(F)cccc3F)CC2(Cl)Cl)NO1. The third-order valence-corrected chi connectivity index (χ3v) is 7.48. The predicted octanol–water partition coefficient (Wildman–Crippen LogP) is 3.31. The molecule has 1 saturated carbocycles. The molecule has 23 heavy (non-hydrogen) atoms. The van der Waals surface area contributed by atoms with Crippen LogP contribution < -0.4 is 5.48 Å². The van der Waals surface area contributed by atoms with Crippen LogP contribution in [0.2, 0.25) is 0 Å². The van der Waals surface area contributed by atoms with Crippen molar-refractivity contribution in [2.75, 3.05) is 0 Å². The van der Waals surface area contributed by atoms with E-state index in [1.807, 2.05) is 0 Å². The molecule has 3 rings (SSSR count). The van der Waals surface area contributed by atoms with Gasteiger partial charge in [0.05, 0.1) is 0 Å². The van der Waals surface area contributed by atoms with E-state index in [0.717, 1.165) is 18.2 Å². The normalized spacial score (nSPS) is 28.2. The van der Waals surface area contributed by atoms with Crippen LogP contribution in [0.25, 0.3) is 0 Å². The summed E-state index contributed by atoms with van der Waals surface area (Å²) in [5.41, 5.74) is 0.740. The van der Waals surface area contributed by atoms with Gasteiger partial charge < -0.3 is 0 Å². The molecular formula is C14H13Cl2F2NO3S.